The van der Waals surface area contributed by atoms with Gasteiger partial charge in [0.05, 0.1) is 24.8 Å². The molecule has 1 aromatic rings. The van der Waals surface area contributed by atoms with E-state index in [0.29, 0.717) is 0 Å². The molecule has 1 N–H and O–H groups in total. The molecule has 0 radical (unpaired) electrons. The predicted octanol–water partition coefficient (Wildman–Crippen LogP) is 2.31. The van der Waals surface area contributed by atoms with E-state index < -0.39 is 29.5 Å². The molecule has 0 aliphatic rings. The van der Waals surface area contributed by atoms with E-state index in [1.165, 1.54) is 7.11 Å². The van der Waals surface area contributed by atoms with Crippen LogP contribution in [0.5, 0.6) is 5.75 Å². The fourth-order valence-electron chi connectivity index (χ4n) is 1.12. The van der Waals surface area contributed by atoms with Gasteiger partial charge in [-0.15, -0.1) is 0 Å². The molecule has 0 aliphatic carbocycles. The number of hydrogen-bond acceptors (Lipinski definition) is 3. The summed E-state index contributed by atoms with van der Waals surface area (Å²) in [5, 5.41) is 8.16. The Labute approximate surface area is 94.8 Å². The van der Waals surface area contributed by atoms with Crippen LogP contribution in [0.15, 0.2) is 6.07 Å². The molecule has 1 aromatic heterocycles. The Kier molecular flexibility index (Phi) is 4.00. The van der Waals surface area contributed by atoms with Crippen molar-refractivity contribution >= 4 is 17.6 Å². The Balaban J connectivity index is 3.20. The van der Waals surface area contributed by atoms with Crippen molar-refractivity contribution in [2.45, 2.75) is 12.8 Å². The molecule has 0 spiro atoms. The summed E-state index contributed by atoms with van der Waals surface area (Å²) in [4.78, 5) is 14.1. The van der Waals surface area contributed by atoms with Gasteiger partial charge in [0.25, 0.3) is 6.43 Å². The number of alkyl halides is 2. The monoisotopic (exact) mass is 251 g/mol. The molecule has 0 aromatic carbocycles. The van der Waals surface area contributed by atoms with Gasteiger partial charge in [-0.25, -0.2) is 13.8 Å². The lowest BCUT2D eigenvalue weighted by atomic mass is 10.2. The fourth-order valence-corrected chi connectivity index (χ4v) is 1.36. The second-order valence-corrected chi connectivity index (χ2v) is 3.25. The van der Waals surface area contributed by atoms with Crippen LogP contribution >= 0.6 is 11.6 Å². The Hall–Kier alpha value is -1.43. The Bertz CT molecular complexity index is 412. The van der Waals surface area contributed by atoms with Gasteiger partial charge in [-0.2, -0.15) is 0 Å². The van der Waals surface area contributed by atoms with Crippen molar-refractivity contribution in [1.82, 2.24) is 4.98 Å². The van der Waals surface area contributed by atoms with Crippen LogP contribution in [0.4, 0.5) is 8.78 Å². The maximum absolute atomic E-state index is 12.4. The molecule has 1 heterocycles. The minimum Gasteiger partial charge on any atom is -0.495 e. The van der Waals surface area contributed by atoms with Crippen LogP contribution in [0.2, 0.25) is 5.15 Å². The number of carboxylic acids is 1. The van der Waals surface area contributed by atoms with Gasteiger partial charge in [0.15, 0.2) is 0 Å². The number of pyridine rings is 1. The molecule has 0 aliphatic heterocycles. The van der Waals surface area contributed by atoms with E-state index in [-0.39, 0.29) is 11.4 Å². The molecule has 0 bridgehead atoms. The number of rotatable bonds is 4. The lowest BCUT2D eigenvalue weighted by molar-refractivity contribution is -0.136. The predicted molar refractivity (Wildman–Crippen MR) is 52.1 cm³/mol. The van der Waals surface area contributed by atoms with Gasteiger partial charge in [0.1, 0.15) is 10.9 Å². The van der Waals surface area contributed by atoms with Crippen LogP contribution in [0.25, 0.3) is 0 Å². The molecule has 0 amide bonds. The molecule has 0 saturated heterocycles. The number of carboxylic acid groups (broad SMARTS) is 1. The number of methoxy groups -OCH3 is 1. The summed E-state index contributed by atoms with van der Waals surface area (Å²) in [6.07, 6.45) is -3.22. The first kappa shape index (κ1) is 12.6. The van der Waals surface area contributed by atoms with Crippen LogP contribution in [-0.4, -0.2) is 23.2 Å². The standard InChI is InChI=1S/C9H8ClF2NO3/c1-16-6-2-4(9(11)12)8(10)13-5(6)3-7(14)15/h2,9H,3H2,1H3,(H,14,15). The topological polar surface area (TPSA) is 59.4 Å². The molecule has 16 heavy (non-hydrogen) atoms. The average Bonchev–Trinajstić information content (AvgIpc) is 2.16. The van der Waals surface area contributed by atoms with Crippen molar-refractivity contribution < 1.29 is 23.4 Å². The quantitative estimate of drug-likeness (QED) is 0.834. The van der Waals surface area contributed by atoms with Gasteiger partial charge in [0, 0.05) is 0 Å². The van der Waals surface area contributed by atoms with Crippen molar-refractivity contribution in [2.24, 2.45) is 0 Å². The van der Waals surface area contributed by atoms with E-state index in [0.717, 1.165) is 6.07 Å². The number of aliphatic carboxylic acids is 1. The number of carbonyl (C=O) groups is 1. The first-order valence-electron chi connectivity index (χ1n) is 4.19. The van der Waals surface area contributed by atoms with Crippen LogP contribution in [0.3, 0.4) is 0 Å². The Morgan fingerprint density at radius 2 is 2.31 bits per heavy atom. The zero-order valence-electron chi connectivity index (χ0n) is 8.21. The summed E-state index contributed by atoms with van der Waals surface area (Å²) in [7, 11) is 1.24. The molecule has 0 atom stereocenters. The summed E-state index contributed by atoms with van der Waals surface area (Å²) in [6, 6.07) is 0.998. The first-order chi connectivity index (χ1) is 7.45. The van der Waals surface area contributed by atoms with E-state index in [1.807, 2.05) is 0 Å². The summed E-state index contributed by atoms with van der Waals surface area (Å²) >= 11 is 5.50. The normalized spacial score (nSPS) is 10.6. The molecule has 4 nitrogen and oxygen atoms in total. The number of halogens is 3. The number of nitrogens with zero attached hydrogens (tertiary/aromatic N) is 1. The molecule has 0 unspecified atom stereocenters. The van der Waals surface area contributed by atoms with Crippen molar-refractivity contribution in [3.05, 3.63) is 22.5 Å². The van der Waals surface area contributed by atoms with Crippen LogP contribution < -0.4 is 4.74 Å². The summed E-state index contributed by atoms with van der Waals surface area (Å²) in [6.45, 7) is 0. The smallest absolute Gasteiger partial charge is 0.309 e. The lowest BCUT2D eigenvalue weighted by Gasteiger charge is -2.09. The SMILES string of the molecule is COc1cc(C(F)F)c(Cl)nc1CC(=O)O. The molecular formula is C9H8ClF2NO3. The number of hydrogen-bond donors (Lipinski definition) is 1. The Morgan fingerprint density at radius 3 is 2.75 bits per heavy atom. The summed E-state index contributed by atoms with van der Waals surface area (Å²) in [5.74, 6) is -1.16. The minimum atomic E-state index is -2.78. The van der Waals surface area contributed by atoms with Crippen molar-refractivity contribution in [3.8, 4) is 5.75 Å². The number of ether oxygens (including phenoxy) is 1. The first-order valence-corrected chi connectivity index (χ1v) is 4.56. The van der Waals surface area contributed by atoms with Crippen LogP contribution in [-0.2, 0) is 11.2 Å². The Morgan fingerprint density at radius 1 is 1.69 bits per heavy atom. The van der Waals surface area contributed by atoms with E-state index >= 15 is 0 Å². The minimum absolute atomic E-state index is 0.0119. The van der Waals surface area contributed by atoms with E-state index in [9.17, 15) is 13.6 Å². The number of aromatic nitrogens is 1. The molecule has 0 saturated carbocycles. The van der Waals surface area contributed by atoms with Crippen molar-refractivity contribution in [3.63, 3.8) is 0 Å². The van der Waals surface area contributed by atoms with E-state index in [1.54, 1.807) is 0 Å². The van der Waals surface area contributed by atoms with Gasteiger partial charge in [-0.3, -0.25) is 4.79 Å². The van der Waals surface area contributed by atoms with E-state index in [4.69, 9.17) is 21.4 Å². The van der Waals surface area contributed by atoms with Crippen molar-refractivity contribution in [1.29, 1.82) is 0 Å². The highest BCUT2D eigenvalue weighted by Crippen LogP contribution is 2.31. The highest BCUT2D eigenvalue weighted by atomic mass is 35.5. The summed E-state index contributed by atoms with van der Waals surface area (Å²) < 4.78 is 29.7. The molecular weight excluding hydrogens is 244 g/mol. The third kappa shape index (κ3) is 2.79. The van der Waals surface area contributed by atoms with Gasteiger partial charge in [-0.05, 0) is 6.07 Å². The second-order valence-electron chi connectivity index (χ2n) is 2.89. The zero-order valence-corrected chi connectivity index (χ0v) is 8.96. The molecule has 0 fully saturated rings. The summed E-state index contributed by atoms with van der Waals surface area (Å²) in [5.41, 5.74) is -0.461. The largest absolute Gasteiger partial charge is 0.495 e. The zero-order chi connectivity index (χ0) is 12.3. The molecule has 1 rings (SSSR count). The molecule has 7 heteroatoms. The van der Waals surface area contributed by atoms with Gasteiger partial charge in [0.2, 0.25) is 0 Å². The van der Waals surface area contributed by atoms with Gasteiger partial charge < -0.3 is 9.84 Å². The van der Waals surface area contributed by atoms with E-state index in [2.05, 4.69) is 4.98 Å². The highest BCUT2D eigenvalue weighted by molar-refractivity contribution is 6.30. The third-order valence-electron chi connectivity index (χ3n) is 1.82. The maximum Gasteiger partial charge on any atom is 0.309 e. The van der Waals surface area contributed by atoms with Crippen LogP contribution in [0.1, 0.15) is 17.7 Å². The lowest BCUT2D eigenvalue weighted by Crippen LogP contribution is -2.06. The maximum atomic E-state index is 12.4. The second kappa shape index (κ2) is 5.07. The van der Waals surface area contributed by atoms with Crippen LogP contribution in [0, 0.1) is 0 Å². The van der Waals surface area contributed by atoms with Crippen molar-refractivity contribution in [2.75, 3.05) is 7.11 Å². The third-order valence-corrected chi connectivity index (χ3v) is 2.12. The van der Waals surface area contributed by atoms with Gasteiger partial charge >= 0.3 is 5.97 Å². The van der Waals surface area contributed by atoms with Gasteiger partial charge in [-0.1, -0.05) is 11.6 Å². The fraction of sp³-hybridized carbons (Fsp3) is 0.333. The average molecular weight is 252 g/mol. The molecule has 88 valence electrons. The highest BCUT2D eigenvalue weighted by Gasteiger charge is 2.19.